The average Bonchev–Trinajstić information content (AvgIpc) is 3.07. The number of likely N-dealkylation sites (tertiary alicyclic amines) is 1. The van der Waals surface area contributed by atoms with Gasteiger partial charge in [-0.05, 0) is 42.0 Å². The van der Waals surface area contributed by atoms with Crippen molar-refractivity contribution in [3.8, 4) is 5.75 Å². The number of ketones is 1. The summed E-state index contributed by atoms with van der Waals surface area (Å²) in [7, 11) is 2.19. The fourth-order valence-corrected chi connectivity index (χ4v) is 4.49. The van der Waals surface area contributed by atoms with E-state index in [1.54, 1.807) is 24.3 Å². The maximum atomic E-state index is 12.9. The van der Waals surface area contributed by atoms with E-state index in [0.717, 1.165) is 4.31 Å². The number of aliphatic hydroxyl groups excluding tert-OH is 1. The minimum atomic E-state index is -3.66. The molecule has 33 heavy (non-hydrogen) atoms. The van der Waals surface area contributed by atoms with E-state index in [-0.39, 0.29) is 34.9 Å². The number of hydrogen-bond donors (Lipinski definition) is 1. The van der Waals surface area contributed by atoms with E-state index >= 15 is 0 Å². The van der Waals surface area contributed by atoms with Crippen LogP contribution in [0.1, 0.15) is 17.2 Å². The minimum Gasteiger partial charge on any atom is -0.507 e. The second kappa shape index (κ2) is 9.74. The zero-order chi connectivity index (χ0) is 24.3. The normalized spacial score (nSPS) is 18.2. The SMILES string of the molecule is COCCN1C(=O)C(=O)/C(=C(/O)c2ccc(S(=O)(=O)N(C)C)cc2)[C@H]1c1ccc(OC)cc1. The Labute approximate surface area is 192 Å². The Morgan fingerprint density at radius 1 is 1.03 bits per heavy atom. The van der Waals surface area contributed by atoms with Gasteiger partial charge in [-0.3, -0.25) is 9.59 Å². The molecule has 2 aromatic rings. The number of methoxy groups -OCH3 is 2. The van der Waals surface area contributed by atoms with Gasteiger partial charge in [-0.2, -0.15) is 0 Å². The van der Waals surface area contributed by atoms with Crippen molar-refractivity contribution in [1.82, 2.24) is 9.21 Å². The van der Waals surface area contributed by atoms with Gasteiger partial charge in [0, 0.05) is 33.3 Å². The van der Waals surface area contributed by atoms with E-state index in [1.165, 1.54) is 57.5 Å². The van der Waals surface area contributed by atoms with Gasteiger partial charge in [0.25, 0.3) is 11.7 Å². The van der Waals surface area contributed by atoms with E-state index in [9.17, 15) is 23.1 Å². The van der Waals surface area contributed by atoms with Crippen LogP contribution in [0.5, 0.6) is 5.75 Å². The summed E-state index contributed by atoms with van der Waals surface area (Å²) < 4.78 is 36.0. The van der Waals surface area contributed by atoms with Gasteiger partial charge in [0.15, 0.2) is 0 Å². The molecule has 1 fully saturated rings. The Morgan fingerprint density at radius 3 is 2.15 bits per heavy atom. The van der Waals surface area contributed by atoms with E-state index < -0.39 is 27.8 Å². The van der Waals surface area contributed by atoms with Crippen LogP contribution in [0.15, 0.2) is 59.0 Å². The van der Waals surface area contributed by atoms with Crippen LogP contribution in [0.2, 0.25) is 0 Å². The van der Waals surface area contributed by atoms with Crippen molar-refractivity contribution in [1.29, 1.82) is 0 Å². The Morgan fingerprint density at radius 2 is 1.64 bits per heavy atom. The van der Waals surface area contributed by atoms with Crippen LogP contribution in [0, 0.1) is 0 Å². The van der Waals surface area contributed by atoms with Crippen LogP contribution >= 0.6 is 0 Å². The minimum absolute atomic E-state index is 0.0382. The highest BCUT2D eigenvalue weighted by Crippen LogP contribution is 2.39. The van der Waals surface area contributed by atoms with Crippen molar-refractivity contribution in [3.05, 3.63) is 65.2 Å². The fourth-order valence-electron chi connectivity index (χ4n) is 3.58. The predicted octanol–water partition coefficient (Wildman–Crippen LogP) is 2.01. The van der Waals surface area contributed by atoms with E-state index in [0.29, 0.717) is 11.3 Å². The molecule has 1 heterocycles. The molecule has 0 unspecified atom stereocenters. The predicted molar refractivity (Wildman–Crippen MR) is 121 cm³/mol. The number of rotatable bonds is 8. The van der Waals surface area contributed by atoms with Gasteiger partial charge < -0.3 is 19.5 Å². The number of sulfonamides is 1. The molecule has 10 heteroatoms. The number of Topliss-reactive ketones (excluding diaryl/α,β-unsaturated/α-hetero) is 1. The van der Waals surface area contributed by atoms with Gasteiger partial charge in [-0.25, -0.2) is 12.7 Å². The van der Waals surface area contributed by atoms with Gasteiger partial charge in [-0.15, -0.1) is 0 Å². The number of aliphatic hydroxyl groups is 1. The zero-order valence-corrected chi connectivity index (χ0v) is 19.6. The molecule has 176 valence electrons. The molecule has 2 aromatic carbocycles. The van der Waals surface area contributed by atoms with Crippen molar-refractivity contribution in [2.24, 2.45) is 0 Å². The quantitative estimate of drug-likeness (QED) is 0.354. The summed E-state index contributed by atoms with van der Waals surface area (Å²) in [5, 5.41) is 11.1. The molecule has 9 nitrogen and oxygen atoms in total. The topological polar surface area (TPSA) is 113 Å². The molecule has 1 N–H and O–H groups in total. The molecule has 1 aliphatic rings. The van der Waals surface area contributed by atoms with E-state index in [1.807, 2.05) is 0 Å². The highest BCUT2D eigenvalue weighted by atomic mass is 32.2. The van der Waals surface area contributed by atoms with Crippen LogP contribution in [0.25, 0.3) is 5.76 Å². The number of nitrogens with zero attached hydrogens (tertiary/aromatic N) is 2. The lowest BCUT2D eigenvalue weighted by atomic mass is 9.95. The van der Waals surface area contributed by atoms with Crippen LogP contribution in [0.4, 0.5) is 0 Å². The summed E-state index contributed by atoms with van der Waals surface area (Å²) >= 11 is 0. The second-order valence-corrected chi connectivity index (χ2v) is 9.72. The fraction of sp³-hybridized carbons (Fsp3) is 0.304. The number of amides is 1. The monoisotopic (exact) mass is 474 g/mol. The molecule has 0 radical (unpaired) electrons. The number of ether oxygens (including phenoxy) is 2. The number of hydrogen-bond acceptors (Lipinski definition) is 7. The molecular formula is C23H26N2O7S. The number of benzene rings is 2. The van der Waals surface area contributed by atoms with Crippen molar-refractivity contribution in [3.63, 3.8) is 0 Å². The molecule has 0 aromatic heterocycles. The molecule has 0 spiro atoms. The van der Waals surface area contributed by atoms with Crippen LogP contribution in [0.3, 0.4) is 0 Å². The molecule has 0 saturated carbocycles. The van der Waals surface area contributed by atoms with Crippen LogP contribution < -0.4 is 4.74 Å². The summed E-state index contributed by atoms with van der Waals surface area (Å²) in [4.78, 5) is 27.1. The maximum Gasteiger partial charge on any atom is 0.295 e. The molecule has 1 amide bonds. The Hall–Kier alpha value is -3.21. The van der Waals surface area contributed by atoms with Gasteiger partial charge >= 0.3 is 0 Å². The number of carbonyl (C=O) groups is 2. The number of carbonyl (C=O) groups excluding carboxylic acids is 2. The highest BCUT2D eigenvalue weighted by Gasteiger charge is 2.45. The molecule has 0 bridgehead atoms. The molecule has 1 aliphatic heterocycles. The molecule has 3 rings (SSSR count). The Kier molecular flexibility index (Phi) is 7.21. The van der Waals surface area contributed by atoms with Gasteiger partial charge in [-0.1, -0.05) is 12.1 Å². The lowest BCUT2D eigenvalue weighted by Gasteiger charge is -2.25. The zero-order valence-electron chi connectivity index (χ0n) is 18.8. The highest BCUT2D eigenvalue weighted by molar-refractivity contribution is 7.89. The van der Waals surface area contributed by atoms with Crippen molar-refractivity contribution in [2.75, 3.05) is 41.5 Å². The summed E-state index contributed by atoms with van der Waals surface area (Å²) in [5.74, 6) is -1.36. The average molecular weight is 475 g/mol. The van der Waals surface area contributed by atoms with Gasteiger partial charge in [0.1, 0.15) is 11.5 Å². The first kappa shape index (κ1) is 24.4. The van der Waals surface area contributed by atoms with E-state index in [4.69, 9.17) is 9.47 Å². The molecule has 0 aliphatic carbocycles. The van der Waals surface area contributed by atoms with Crippen molar-refractivity contribution >= 4 is 27.5 Å². The molecule has 1 atom stereocenters. The van der Waals surface area contributed by atoms with Crippen molar-refractivity contribution in [2.45, 2.75) is 10.9 Å². The molecule has 1 saturated heterocycles. The Bertz CT molecular complexity index is 1170. The van der Waals surface area contributed by atoms with Crippen molar-refractivity contribution < 1.29 is 32.6 Å². The van der Waals surface area contributed by atoms with Crippen LogP contribution in [-0.2, 0) is 24.3 Å². The van der Waals surface area contributed by atoms with E-state index in [2.05, 4.69) is 0 Å². The summed E-state index contributed by atoms with van der Waals surface area (Å²) in [5.41, 5.74) is 0.750. The van der Waals surface area contributed by atoms with Gasteiger partial charge in [0.05, 0.1) is 30.2 Å². The molecular weight excluding hydrogens is 448 g/mol. The first-order valence-electron chi connectivity index (χ1n) is 10.1. The third-order valence-corrected chi connectivity index (χ3v) is 7.24. The third kappa shape index (κ3) is 4.63. The largest absolute Gasteiger partial charge is 0.507 e. The Balaban J connectivity index is 2.11. The third-order valence-electron chi connectivity index (χ3n) is 5.41. The van der Waals surface area contributed by atoms with Gasteiger partial charge in [0.2, 0.25) is 10.0 Å². The first-order valence-corrected chi connectivity index (χ1v) is 11.5. The smallest absolute Gasteiger partial charge is 0.295 e. The maximum absolute atomic E-state index is 12.9. The lowest BCUT2D eigenvalue weighted by Crippen LogP contribution is -2.32. The summed E-state index contributed by atoms with van der Waals surface area (Å²) in [6, 6.07) is 11.5. The second-order valence-electron chi connectivity index (χ2n) is 7.57. The first-order chi connectivity index (χ1) is 15.6. The lowest BCUT2D eigenvalue weighted by molar-refractivity contribution is -0.140. The summed E-state index contributed by atoms with van der Waals surface area (Å²) in [6.07, 6.45) is 0. The summed E-state index contributed by atoms with van der Waals surface area (Å²) in [6.45, 7) is 0.353. The van der Waals surface area contributed by atoms with Crippen LogP contribution in [-0.4, -0.2) is 75.9 Å². The standard InChI is InChI=1S/C23H26N2O7S/c1-24(2)33(29,30)18-11-7-16(8-12-18)21(26)19-20(15-5-9-17(32-4)10-6-15)25(13-14-31-3)23(28)22(19)27/h5-12,20,26H,13-14H2,1-4H3/b21-19+/t20-/m1/s1.